The van der Waals surface area contributed by atoms with Crippen LogP contribution in [-0.4, -0.2) is 18.2 Å². The van der Waals surface area contributed by atoms with Gasteiger partial charge in [0.2, 0.25) is 0 Å². The first kappa shape index (κ1) is 17.8. The van der Waals surface area contributed by atoms with Crippen molar-refractivity contribution in [3.63, 3.8) is 0 Å². The highest BCUT2D eigenvalue weighted by Gasteiger charge is 2.30. The van der Waals surface area contributed by atoms with Crippen molar-refractivity contribution in [1.29, 1.82) is 0 Å². The number of rotatable bonds is 4. The van der Waals surface area contributed by atoms with Crippen molar-refractivity contribution in [2.75, 3.05) is 0 Å². The molecule has 1 aliphatic heterocycles. The lowest BCUT2D eigenvalue weighted by Crippen LogP contribution is -2.41. The van der Waals surface area contributed by atoms with Gasteiger partial charge in [0.05, 0.1) is 16.3 Å². The second-order valence-corrected chi connectivity index (χ2v) is 6.37. The Bertz CT molecular complexity index is 777. The van der Waals surface area contributed by atoms with E-state index in [1.165, 1.54) is 18.3 Å². The lowest BCUT2D eigenvalue weighted by Gasteiger charge is -2.09. The van der Waals surface area contributed by atoms with Crippen LogP contribution in [0.15, 0.2) is 47.6 Å². The first-order valence-corrected chi connectivity index (χ1v) is 8.33. The van der Waals surface area contributed by atoms with Crippen molar-refractivity contribution in [3.8, 4) is 0 Å². The Morgan fingerprint density at radius 2 is 1.84 bits per heavy atom. The van der Waals surface area contributed by atoms with E-state index < -0.39 is 6.04 Å². The largest absolute Gasteiger partial charge is 0.271 e. The molecule has 25 heavy (non-hydrogen) atoms. The Labute approximate surface area is 154 Å². The van der Waals surface area contributed by atoms with E-state index in [1.807, 2.05) is 0 Å². The summed E-state index contributed by atoms with van der Waals surface area (Å²) in [6.45, 7) is 0. The third-order valence-electron chi connectivity index (χ3n) is 3.86. The van der Waals surface area contributed by atoms with Gasteiger partial charge in [-0.1, -0.05) is 41.4 Å². The summed E-state index contributed by atoms with van der Waals surface area (Å²) < 4.78 is 13.0. The Kier molecular flexibility index (Phi) is 5.65. The summed E-state index contributed by atoms with van der Waals surface area (Å²) in [5.74, 6) is -0.590. The molecule has 1 aliphatic rings. The van der Waals surface area contributed by atoms with Crippen LogP contribution in [0.4, 0.5) is 4.39 Å². The quantitative estimate of drug-likeness (QED) is 0.563. The number of nitrogens with zero attached hydrogens (tertiary/aromatic N) is 1. The van der Waals surface area contributed by atoms with Crippen LogP contribution in [0.5, 0.6) is 0 Å². The maximum atomic E-state index is 13.0. The van der Waals surface area contributed by atoms with Crippen LogP contribution >= 0.6 is 23.2 Å². The van der Waals surface area contributed by atoms with Gasteiger partial charge in [-0.2, -0.15) is 5.10 Å². The van der Waals surface area contributed by atoms with Crippen molar-refractivity contribution < 1.29 is 9.18 Å². The van der Waals surface area contributed by atoms with E-state index in [1.54, 1.807) is 30.3 Å². The highest BCUT2D eigenvalue weighted by atomic mass is 35.5. The molecular formula is C17H15Cl2FN4O. The fraction of sp³-hybridized carbons (Fsp3) is 0.176. The predicted molar refractivity (Wildman–Crippen MR) is 96.0 cm³/mol. The molecule has 0 radical (unpaired) electrons. The maximum Gasteiger partial charge on any atom is 0.258 e. The molecule has 0 aliphatic carbocycles. The van der Waals surface area contributed by atoms with Crippen molar-refractivity contribution in [2.24, 2.45) is 5.10 Å². The Hall–Kier alpha value is -1.99. The highest BCUT2D eigenvalue weighted by molar-refractivity contribution is 6.38. The number of hydrazone groups is 1. The van der Waals surface area contributed by atoms with Crippen LogP contribution in [0.3, 0.4) is 0 Å². The van der Waals surface area contributed by atoms with Gasteiger partial charge in [0.25, 0.3) is 5.91 Å². The first-order valence-electron chi connectivity index (χ1n) is 7.58. The Morgan fingerprint density at radius 3 is 2.52 bits per heavy atom. The zero-order valence-electron chi connectivity index (χ0n) is 13.0. The van der Waals surface area contributed by atoms with Crippen LogP contribution in [0.1, 0.15) is 23.6 Å². The molecule has 0 spiro atoms. The van der Waals surface area contributed by atoms with E-state index in [9.17, 15) is 9.18 Å². The standard InChI is InChI=1S/C17H15Cl2FN4O/c18-13-2-1-3-14(19)12(13)9-21-24-17(25)16-8-15(22-23-16)10-4-6-11(20)7-5-10/h1-7,9,15-16,22-23H,8H2,(H,24,25)/b21-9-. The summed E-state index contributed by atoms with van der Waals surface area (Å²) in [6.07, 6.45) is 1.92. The van der Waals surface area contributed by atoms with Gasteiger partial charge >= 0.3 is 0 Å². The summed E-state index contributed by atoms with van der Waals surface area (Å²) in [4.78, 5) is 12.2. The zero-order valence-corrected chi connectivity index (χ0v) is 14.5. The molecule has 2 atom stereocenters. The fourth-order valence-electron chi connectivity index (χ4n) is 2.51. The van der Waals surface area contributed by atoms with Crippen LogP contribution in [0.25, 0.3) is 0 Å². The fourth-order valence-corrected chi connectivity index (χ4v) is 3.01. The van der Waals surface area contributed by atoms with Gasteiger partial charge in [-0.05, 0) is 36.2 Å². The van der Waals surface area contributed by atoms with Crippen LogP contribution < -0.4 is 16.3 Å². The Morgan fingerprint density at radius 1 is 1.16 bits per heavy atom. The van der Waals surface area contributed by atoms with E-state index in [2.05, 4.69) is 21.4 Å². The zero-order chi connectivity index (χ0) is 17.8. The molecule has 3 N–H and O–H groups in total. The van der Waals surface area contributed by atoms with E-state index >= 15 is 0 Å². The van der Waals surface area contributed by atoms with Gasteiger partial charge in [-0.15, -0.1) is 0 Å². The number of halogens is 3. The normalized spacial score (nSPS) is 20.1. The molecule has 0 bridgehead atoms. The van der Waals surface area contributed by atoms with Crippen LogP contribution in [0.2, 0.25) is 10.0 Å². The van der Waals surface area contributed by atoms with E-state index in [0.29, 0.717) is 22.0 Å². The summed E-state index contributed by atoms with van der Waals surface area (Å²) in [5, 5.41) is 4.80. The molecule has 1 fully saturated rings. The first-order chi connectivity index (χ1) is 12.0. The summed E-state index contributed by atoms with van der Waals surface area (Å²) in [5.41, 5.74) is 9.82. The van der Waals surface area contributed by atoms with Gasteiger partial charge in [-0.3, -0.25) is 4.79 Å². The van der Waals surface area contributed by atoms with Gasteiger partial charge < -0.3 is 0 Å². The topological polar surface area (TPSA) is 65.5 Å². The molecule has 2 unspecified atom stereocenters. The number of carbonyl (C=O) groups is 1. The molecule has 2 aromatic carbocycles. The van der Waals surface area contributed by atoms with Crippen molar-refractivity contribution in [1.82, 2.24) is 16.3 Å². The number of benzene rings is 2. The molecular weight excluding hydrogens is 366 g/mol. The molecule has 8 heteroatoms. The minimum absolute atomic E-state index is 0.0849. The smallest absolute Gasteiger partial charge is 0.258 e. The van der Waals surface area contributed by atoms with Gasteiger partial charge in [0.1, 0.15) is 11.9 Å². The van der Waals surface area contributed by atoms with Gasteiger partial charge in [0, 0.05) is 11.6 Å². The van der Waals surface area contributed by atoms with E-state index in [4.69, 9.17) is 23.2 Å². The van der Waals surface area contributed by atoms with Crippen LogP contribution in [0, 0.1) is 5.82 Å². The number of amides is 1. The monoisotopic (exact) mass is 380 g/mol. The van der Waals surface area contributed by atoms with E-state index in [0.717, 1.165) is 5.56 Å². The minimum Gasteiger partial charge on any atom is -0.271 e. The van der Waals surface area contributed by atoms with Gasteiger partial charge in [-0.25, -0.2) is 20.7 Å². The third-order valence-corrected chi connectivity index (χ3v) is 4.52. The van der Waals surface area contributed by atoms with Crippen molar-refractivity contribution >= 4 is 35.3 Å². The lowest BCUT2D eigenvalue weighted by atomic mass is 10.0. The molecule has 0 saturated carbocycles. The SMILES string of the molecule is O=C(N/N=C\c1c(Cl)cccc1Cl)C1CC(c2ccc(F)cc2)NN1. The van der Waals surface area contributed by atoms with Crippen molar-refractivity contribution in [3.05, 3.63) is 69.5 Å². The average molecular weight is 381 g/mol. The van der Waals surface area contributed by atoms with E-state index in [-0.39, 0.29) is 17.8 Å². The summed E-state index contributed by atoms with van der Waals surface area (Å²) in [7, 11) is 0. The number of carbonyl (C=O) groups excluding carboxylic acids is 1. The maximum absolute atomic E-state index is 13.0. The minimum atomic E-state index is -0.464. The number of hydrazine groups is 1. The molecule has 2 aromatic rings. The van der Waals surface area contributed by atoms with Gasteiger partial charge in [0.15, 0.2) is 0 Å². The molecule has 3 rings (SSSR count). The Balaban J connectivity index is 1.57. The summed E-state index contributed by atoms with van der Waals surface area (Å²) >= 11 is 12.1. The molecule has 1 heterocycles. The number of nitrogens with one attached hydrogen (secondary N) is 3. The lowest BCUT2D eigenvalue weighted by molar-refractivity contribution is -0.122. The number of hydrogen-bond donors (Lipinski definition) is 3. The second kappa shape index (κ2) is 7.93. The molecule has 5 nitrogen and oxygen atoms in total. The summed E-state index contributed by atoms with van der Waals surface area (Å²) in [6, 6.07) is 10.7. The number of hydrogen-bond acceptors (Lipinski definition) is 4. The average Bonchev–Trinajstić information content (AvgIpc) is 3.08. The third kappa shape index (κ3) is 4.35. The highest BCUT2D eigenvalue weighted by Crippen LogP contribution is 2.23. The molecule has 1 saturated heterocycles. The second-order valence-electron chi connectivity index (χ2n) is 5.55. The predicted octanol–water partition coefficient (Wildman–Crippen LogP) is 3.19. The molecule has 130 valence electrons. The van der Waals surface area contributed by atoms with Crippen molar-refractivity contribution in [2.45, 2.75) is 18.5 Å². The van der Waals surface area contributed by atoms with Crippen LogP contribution in [-0.2, 0) is 4.79 Å². The molecule has 0 aromatic heterocycles. The molecule has 1 amide bonds.